The van der Waals surface area contributed by atoms with Gasteiger partial charge in [0.25, 0.3) is 5.56 Å². The number of hydrogen-bond donors (Lipinski definition) is 2. The number of carbonyl (C=O) groups excluding carboxylic acids is 2. The van der Waals surface area contributed by atoms with E-state index < -0.39 is 29.2 Å². The maximum Gasteiger partial charge on any atom is 0.343 e. The Hall–Kier alpha value is -3.09. The molecule has 24 heavy (non-hydrogen) atoms. The predicted octanol–water partition coefficient (Wildman–Crippen LogP) is 1.56. The van der Waals surface area contributed by atoms with E-state index in [2.05, 4.69) is 14.5 Å². The quantitative estimate of drug-likeness (QED) is 0.806. The molecule has 1 aromatic carbocycles. The maximum atomic E-state index is 12.3. The zero-order chi connectivity index (χ0) is 17.7. The number of aromatic amines is 1. The third-order valence-electron chi connectivity index (χ3n) is 3.66. The van der Waals surface area contributed by atoms with Crippen molar-refractivity contribution in [1.82, 2.24) is 4.98 Å². The third-order valence-corrected chi connectivity index (χ3v) is 3.66. The molecule has 7 heteroatoms. The van der Waals surface area contributed by atoms with Crippen molar-refractivity contribution in [2.24, 2.45) is 0 Å². The Morgan fingerprint density at radius 3 is 2.42 bits per heavy atom. The highest BCUT2D eigenvalue weighted by molar-refractivity contribution is 5.92. The molecule has 1 heterocycles. The second-order valence-electron chi connectivity index (χ2n) is 5.03. The van der Waals surface area contributed by atoms with Crippen LogP contribution in [0.25, 0.3) is 0 Å². The second-order valence-corrected chi connectivity index (χ2v) is 5.03. The number of benzene rings is 1. The van der Waals surface area contributed by atoms with E-state index in [4.69, 9.17) is 0 Å². The van der Waals surface area contributed by atoms with Crippen LogP contribution in [0.5, 0.6) is 5.75 Å². The molecule has 0 bridgehead atoms. The fourth-order valence-corrected chi connectivity index (χ4v) is 2.45. The lowest BCUT2D eigenvalue weighted by molar-refractivity contribution is -0.140. The van der Waals surface area contributed by atoms with Gasteiger partial charge in [-0.25, -0.2) is 4.79 Å². The number of aromatic hydroxyl groups is 1. The van der Waals surface area contributed by atoms with Crippen LogP contribution in [-0.4, -0.2) is 36.2 Å². The molecule has 7 nitrogen and oxygen atoms in total. The molecule has 1 unspecified atom stereocenters. The summed E-state index contributed by atoms with van der Waals surface area (Å²) in [6.07, 6.45) is 0.912. The molecule has 0 fully saturated rings. The number of ether oxygens (including phenoxy) is 2. The number of nitrogens with one attached hydrogen (secondary N) is 1. The number of methoxy groups -OCH3 is 2. The molecule has 1 aromatic heterocycles. The lowest BCUT2D eigenvalue weighted by atomic mass is 9.88. The summed E-state index contributed by atoms with van der Waals surface area (Å²) in [5, 5.41) is 10.4. The van der Waals surface area contributed by atoms with Gasteiger partial charge in [0.15, 0.2) is 0 Å². The molecule has 0 saturated carbocycles. The molecule has 0 aliphatic carbocycles. The van der Waals surface area contributed by atoms with Crippen LogP contribution in [0.4, 0.5) is 0 Å². The average molecular weight is 331 g/mol. The zero-order valence-electron chi connectivity index (χ0n) is 13.2. The zero-order valence-corrected chi connectivity index (χ0v) is 13.2. The van der Waals surface area contributed by atoms with Crippen molar-refractivity contribution in [2.45, 2.75) is 12.3 Å². The van der Waals surface area contributed by atoms with Gasteiger partial charge in [0.2, 0.25) is 0 Å². The first-order valence-electron chi connectivity index (χ1n) is 7.14. The Bertz CT molecular complexity index is 796. The van der Waals surface area contributed by atoms with Gasteiger partial charge in [-0.1, -0.05) is 30.3 Å². The number of hydrogen-bond acceptors (Lipinski definition) is 6. The summed E-state index contributed by atoms with van der Waals surface area (Å²) in [6, 6.07) is 8.71. The van der Waals surface area contributed by atoms with Gasteiger partial charge in [-0.3, -0.25) is 9.59 Å². The summed E-state index contributed by atoms with van der Waals surface area (Å²) in [4.78, 5) is 38.2. The van der Waals surface area contributed by atoms with Gasteiger partial charge >= 0.3 is 11.9 Å². The van der Waals surface area contributed by atoms with Crippen LogP contribution in [0.1, 0.15) is 33.8 Å². The Balaban J connectivity index is 2.64. The number of H-pyrrole nitrogens is 1. The van der Waals surface area contributed by atoms with Gasteiger partial charge < -0.3 is 19.6 Å². The lowest BCUT2D eigenvalue weighted by Gasteiger charge is -2.18. The maximum absolute atomic E-state index is 12.3. The standard InChI is InChI=1S/C17H17NO6/c1-23-13(19)8-11(10-6-4-3-5-7-10)14-15(20)12(17(22)24-2)9-18-16(14)21/h3-7,9,11H,8H2,1-2H3,(H2,18,20,21). The minimum atomic E-state index is -0.796. The van der Waals surface area contributed by atoms with E-state index in [1.54, 1.807) is 30.3 Å². The first-order chi connectivity index (χ1) is 11.5. The van der Waals surface area contributed by atoms with E-state index >= 15 is 0 Å². The van der Waals surface area contributed by atoms with E-state index in [-0.39, 0.29) is 17.5 Å². The molecule has 0 aliphatic rings. The monoisotopic (exact) mass is 331 g/mol. The van der Waals surface area contributed by atoms with Crippen LogP contribution in [0.15, 0.2) is 41.3 Å². The van der Waals surface area contributed by atoms with Crippen molar-refractivity contribution < 1.29 is 24.2 Å². The van der Waals surface area contributed by atoms with Gasteiger partial charge in [0.05, 0.1) is 26.2 Å². The van der Waals surface area contributed by atoms with E-state index in [0.29, 0.717) is 5.56 Å². The van der Waals surface area contributed by atoms with Gasteiger partial charge in [-0.2, -0.15) is 0 Å². The van der Waals surface area contributed by atoms with Crippen LogP contribution >= 0.6 is 0 Å². The molecule has 1 atom stereocenters. The summed E-state index contributed by atoms with van der Waals surface area (Å²) in [5.74, 6) is -2.63. The van der Waals surface area contributed by atoms with Crippen LogP contribution < -0.4 is 5.56 Å². The smallest absolute Gasteiger partial charge is 0.343 e. The molecule has 2 aromatic rings. The van der Waals surface area contributed by atoms with E-state index in [9.17, 15) is 19.5 Å². The van der Waals surface area contributed by atoms with Crippen molar-refractivity contribution in [2.75, 3.05) is 14.2 Å². The third kappa shape index (κ3) is 3.45. The highest BCUT2D eigenvalue weighted by atomic mass is 16.5. The van der Waals surface area contributed by atoms with Crippen LogP contribution in [-0.2, 0) is 14.3 Å². The van der Waals surface area contributed by atoms with E-state index in [0.717, 1.165) is 13.3 Å². The number of esters is 2. The summed E-state index contributed by atoms with van der Waals surface area (Å²) < 4.78 is 9.26. The van der Waals surface area contributed by atoms with E-state index in [1.165, 1.54) is 7.11 Å². The minimum Gasteiger partial charge on any atom is -0.506 e. The van der Waals surface area contributed by atoms with Gasteiger partial charge in [-0.15, -0.1) is 0 Å². The largest absolute Gasteiger partial charge is 0.506 e. The Kier molecular flexibility index (Phi) is 5.36. The molecule has 2 N–H and O–H groups in total. The topological polar surface area (TPSA) is 106 Å². The van der Waals surface area contributed by atoms with Crippen LogP contribution in [0.3, 0.4) is 0 Å². The van der Waals surface area contributed by atoms with Crippen molar-refractivity contribution in [3.8, 4) is 5.75 Å². The number of carbonyl (C=O) groups is 2. The van der Waals surface area contributed by atoms with Crippen molar-refractivity contribution in [3.63, 3.8) is 0 Å². The van der Waals surface area contributed by atoms with Crippen molar-refractivity contribution in [3.05, 3.63) is 63.6 Å². The normalized spacial score (nSPS) is 11.6. The predicted molar refractivity (Wildman–Crippen MR) is 85.0 cm³/mol. The van der Waals surface area contributed by atoms with Crippen LogP contribution in [0.2, 0.25) is 0 Å². The SMILES string of the molecule is COC(=O)CC(c1ccccc1)c1c(O)c(C(=O)OC)c[nH]c1=O. The van der Waals surface area contributed by atoms with E-state index in [1.807, 2.05) is 0 Å². The van der Waals surface area contributed by atoms with Gasteiger partial charge in [0.1, 0.15) is 11.3 Å². The molecular weight excluding hydrogens is 314 g/mol. The summed E-state index contributed by atoms with van der Waals surface area (Å²) in [7, 11) is 2.40. The molecule has 2 rings (SSSR count). The lowest BCUT2D eigenvalue weighted by Crippen LogP contribution is -2.22. The first kappa shape index (κ1) is 17.3. The Labute approximate surface area is 137 Å². The molecule has 0 radical (unpaired) electrons. The molecule has 0 saturated heterocycles. The van der Waals surface area contributed by atoms with Crippen LogP contribution in [0, 0.1) is 0 Å². The minimum absolute atomic E-state index is 0.0884. The number of rotatable bonds is 5. The highest BCUT2D eigenvalue weighted by Gasteiger charge is 2.28. The molecule has 0 spiro atoms. The molecule has 126 valence electrons. The summed E-state index contributed by atoms with van der Waals surface area (Å²) in [5.41, 5.74) is -0.240. The fraction of sp³-hybridized carbons (Fsp3) is 0.235. The Morgan fingerprint density at radius 1 is 1.17 bits per heavy atom. The summed E-state index contributed by atoms with van der Waals surface area (Å²) in [6.45, 7) is 0. The highest BCUT2D eigenvalue weighted by Crippen LogP contribution is 2.33. The van der Waals surface area contributed by atoms with Gasteiger partial charge in [0, 0.05) is 12.1 Å². The number of aromatic nitrogens is 1. The van der Waals surface area contributed by atoms with Crippen molar-refractivity contribution in [1.29, 1.82) is 0 Å². The molecule has 0 amide bonds. The molecule has 0 aliphatic heterocycles. The summed E-state index contributed by atoms with van der Waals surface area (Å²) >= 11 is 0. The molecular formula is C17H17NO6. The first-order valence-corrected chi connectivity index (χ1v) is 7.14. The fourth-order valence-electron chi connectivity index (χ4n) is 2.45. The second kappa shape index (κ2) is 7.45. The van der Waals surface area contributed by atoms with Gasteiger partial charge in [-0.05, 0) is 5.56 Å². The average Bonchev–Trinajstić information content (AvgIpc) is 2.60. The van der Waals surface area contributed by atoms with Crippen molar-refractivity contribution >= 4 is 11.9 Å². The number of pyridine rings is 1. The Morgan fingerprint density at radius 2 is 1.83 bits per heavy atom.